The summed E-state index contributed by atoms with van der Waals surface area (Å²) in [5, 5.41) is 24.1. The van der Waals surface area contributed by atoms with Gasteiger partial charge in [-0.2, -0.15) is 0 Å². The van der Waals surface area contributed by atoms with Crippen LogP contribution in [0.4, 0.5) is 0 Å². The van der Waals surface area contributed by atoms with Crippen LogP contribution in [0.1, 0.15) is 50.8 Å². The molecule has 1 atom stereocenters. The molecule has 3 aromatic rings. The maximum Gasteiger partial charge on any atom is 0.119 e. The zero-order valence-electron chi connectivity index (χ0n) is 17.3. The summed E-state index contributed by atoms with van der Waals surface area (Å²) in [5.41, 5.74) is 4.16. The van der Waals surface area contributed by atoms with Gasteiger partial charge in [0.2, 0.25) is 0 Å². The first-order chi connectivity index (χ1) is 13.9. The third kappa shape index (κ3) is 5.92. The fraction of sp³-hybridized carbons (Fsp3) is 0.435. The molecule has 156 valence electrons. The van der Waals surface area contributed by atoms with E-state index < -0.39 is 6.10 Å². The molecule has 0 amide bonds. The van der Waals surface area contributed by atoms with Gasteiger partial charge in [0.25, 0.3) is 0 Å². The molecular formula is C23H30N2O3S. The summed E-state index contributed by atoms with van der Waals surface area (Å²) in [4.78, 5) is 4.23. The monoisotopic (exact) mass is 414 g/mol. The molecule has 0 radical (unpaired) electrons. The lowest BCUT2D eigenvalue weighted by Crippen LogP contribution is -2.43. The number of thiazole rings is 1. The number of ether oxygens (including phenoxy) is 1. The Balaban J connectivity index is 1.58. The van der Waals surface area contributed by atoms with Crippen LogP contribution in [-0.4, -0.2) is 33.9 Å². The molecule has 2 aromatic carbocycles. The molecule has 0 saturated carbocycles. The number of hydrogen-bond acceptors (Lipinski definition) is 6. The number of aliphatic hydroxyl groups excluding tert-OH is 1. The van der Waals surface area contributed by atoms with E-state index in [0.717, 1.165) is 36.3 Å². The van der Waals surface area contributed by atoms with Crippen molar-refractivity contribution >= 4 is 21.6 Å². The Bertz CT molecular complexity index is 922. The van der Waals surface area contributed by atoms with Crippen molar-refractivity contribution in [2.24, 2.45) is 0 Å². The third-order valence-electron chi connectivity index (χ3n) is 4.91. The van der Waals surface area contributed by atoms with E-state index in [4.69, 9.17) is 4.74 Å². The van der Waals surface area contributed by atoms with Gasteiger partial charge in [-0.1, -0.05) is 25.5 Å². The second-order valence-corrected chi connectivity index (χ2v) is 8.89. The number of hydrogen-bond donors (Lipinski definition) is 3. The molecule has 1 aromatic heterocycles. The normalized spacial score (nSPS) is 13.0. The molecule has 0 saturated heterocycles. The number of aliphatic hydroxyl groups is 1. The first-order valence-corrected chi connectivity index (χ1v) is 11.0. The summed E-state index contributed by atoms with van der Waals surface area (Å²) < 4.78 is 6.64. The van der Waals surface area contributed by atoms with Crippen molar-refractivity contribution in [1.29, 1.82) is 0 Å². The average Bonchev–Trinajstić information content (AvgIpc) is 3.15. The van der Waals surface area contributed by atoms with E-state index in [0.29, 0.717) is 17.6 Å². The summed E-state index contributed by atoms with van der Waals surface area (Å²) in [6.07, 6.45) is 2.29. The van der Waals surface area contributed by atoms with Gasteiger partial charge in [-0.05, 0) is 50.5 Å². The summed E-state index contributed by atoms with van der Waals surface area (Å²) in [6, 6.07) is 11.5. The van der Waals surface area contributed by atoms with Gasteiger partial charge < -0.3 is 20.3 Å². The molecule has 0 bridgehead atoms. The number of β-amino-alcohol motifs (C(OH)–C–C–N with tert-alkyl or cyclic N) is 1. The second kappa shape index (κ2) is 9.57. The molecule has 5 nitrogen and oxygen atoms in total. The summed E-state index contributed by atoms with van der Waals surface area (Å²) >= 11 is 1.47. The van der Waals surface area contributed by atoms with Crippen LogP contribution in [0, 0.1) is 0 Å². The maximum absolute atomic E-state index is 10.7. The van der Waals surface area contributed by atoms with Crippen LogP contribution in [0.15, 0.2) is 41.9 Å². The third-order valence-corrected chi connectivity index (χ3v) is 5.81. The van der Waals surface area contributed by atoms with Crippen LogP contribution in [0.3, 0.4) is 0 Å². The SMILES string of the molecule is CCCCOc1ccc(CC(C)(C)NC[C@H](O)c2cc(O)cc3ncsc23)cc1. The molecule has 3 N–H and O–H groups in total. The highest BCUT2D eigenvalue weighted by Crippen LogP contribution is 2.31. The Morgan fingerprint density at radius 2 is 1.97 bits per heavy atom. The lowest BCUT2D eigenvalue weighted by molar-refractivity contribution is 0.162. The van der Waals surface area contributed by atoms with Crippen molar-refractivity contribution in [3.8, 4) is 11.5 Å². The van der Waals surface area contributed by atoms with Crippen molar-refractivity contribution < 1.29 is 14.9 Å². The number of nitrogens with one attached hydrogen (secondary N) is 1. The second-order valence-electron chi connectivity index (χ2n) is 8.04. The van der Waals surface area contributed by atoms with Crippen LogP contribution in [0.5, 0.6) is 11.5 Å². The van der Waals surface area contributed by atoms with Crippen LogP contribution >= 0.6 is 11.3 Å². The zero-order chi connectivity index (χ0) is 20.9. The Morgan fingerprint density at radius 1 is 1.21 bits per heavy atom. The molecule has 3 rings (SSSR count). The highest BCUT2D eigenvalue weighted by Gasteiger charge is 2.21. The van der Waals surface area contributed by atoms with Gasteiger partial charge in [0, 0.05) is 23.7 Å². The minimum absolute atomic E-state index is 0.123. The first-order valence-electron chi connectivity index (χ1n) is 10.1. The number of nitrogens with zero attached hydrogens (tertiary/aromatic N) is 1. The number of unbranched alkanes of at least 4 members (excludes halogenated alkanes) is 1. The Hall–Kier alpha value is -2.15. The molecule has 0 spiro atoms. The van der Waals surface area contributed by atoms with Gasteiger partial charge in [0.1, 0.15) is 11.5 Å². The predicted molar refractivity (Wildman–Crippen MR) is 119 cm³/mol. The van der Waals surface area contributed by atoms with Crippen molar-refractivity contribution in [3.63, 3.8) is 0 Å². The maximum atomic E-state index is 10.7. The minimum atomic E-state index is -0.723. The quantitative estimate of drug-likeness (QED) is 0.415. The Morgan fingerprint density at radius 3 is 2.69 bits per heavy atom. The number of rotatable bonds is 10. The molecule has 6 heteroatoms. The number of phenols is 1. The van der Waals surface area contributed by atoms with E-state index in [1.165, 1.54) is 16.9 Å². The standard InChI is InChI=1S/C23H30N2O3S/c1-4-5-10-28-18-8-6-16(7-9-18)13-23(2,3)25-14-21(27)19-11-17(26)12-20-22(19)29-15-24-20/h6-9,11-12,15,21,25-27H,4-5,10,13-14H2,1-3H3/t21-/m0/s1. The summed E-state index contributed by atoms with van der Waals surface area (Å²) in [5.74, 6) is 1.03. The lowest BCUT2D eigenvalue weighted by Gasteiger charge is -2.28. The smallest absolute Gasteiger partial charge is 0.119 e. The van der Waals surface area contributed by atoms with E-state index in [9.17, 15) is 10.2 Å². The zero-order valence-corrected chi connectivity index (χ0v) is 18.1. The summed E-state index contributed by atoms with van der Waals surface area (Å²) in [7, 11) is 0. The number of aromatic nitrogens is 1. The minimum Gasteiger partial charge on any atom is -0.508 e. The van der Waals surface area contributed by atoms with Crippen LogP contribution in [0.25, 0.3) is 10.2 Å². The number of aromatic hydroxyl groups is 1. The molecule has 29 heavy (non-hydrogen) atoms. The van der Waals surface area contributed by atoms with Gasteiger partial charge >= 0.3 is 0 Å². The Labute approximate surface area is 176 Å². The van der Waals surface area contributed by atoms with Gasteiger partial charge in [0.15, 0.2) is 0 Å². The van der Waals surface area contributed by atoms with Crippen LogP contribution < -0.4 is 10.1 Å². The van der Waals surface area contributed by atoms with E-state index in [-0.39, 0.29) is 11.3 Å². The topological polar surface area (TPSA) is 74.6 Å². The van der Waals surface area contributed by atoms with Crippen LogP contribution in [0.2, 0.25) is 0 Å². The van der Waals surface area contributed by atoms with Crippen molar-refractivity contribution in [3.05, 3.63) is 53.0 Å². The summed E-state index contributed by atoms with van der Waals surface area (Å²) in [6.45, 7) is 7.54. The lowest BCUT2D eigenvalue weighted by atomic mass is 9.94. The van der Waals surface area contributed by atoms with Crippen molar-refractivity contribution in [2.45, 2.75) is 51.7 Å². The van der Waals surface area contributed by atoms with E-state index in [1.807, 2.05) is 12.1 Å². The molecule has 0 fully saturated rings. The number of fused-ring (bicyclic) bond motifs is 1. The predicted octanol–water partition coefficient (Wildman–Crippen LogP) is 4.83. The van der Waals surface area contributed by atoms with Gasteiger partial charge in [-0.3, -0.25) is 0 Å². The highest BCUT2D eigenvalue weighted by molar-refractivity contribution is 7.17. The molecule has 0 unspecified atom stereocenters. The molecule has 0 aliphatic rings. The number of phenolic OH excluding ortho intramolecular Hbond substituents is 1. The van der Waals surface area contributed by atoms with E-state index >= 15 is 0 Å². The molecule has 0 aliphatic carbocycles. The number of benzene rings is 2. The van der Waals surface area contributed by atoms with Gasteiger partial charge in [-0.25, -0.2) is 4.98 Å². The fourth-order valence-corrected chi connectivity index (χ4v) is 4.16. The average molecular weight is 415 g/mol. The first kappa shape index (κ1) is 21.6. The molecule has 0 aliphatic heterocycles. The van der Waals surface area contributed by atoms with Gasteiger partial charge in [0.05, 0.1) is 28.4 Å². The largest absolute Gasteiger partial charge is 0.508 e. The van der Waals surface area contributed by atoms with Crippen molar-refractivity contribution in [2.75, 3.05) is 13.2 Å². The van der Waals surface area contributed by atoms with Crippen LogP contribution in [-0.2, 0) is 6.42 Å². The van der Waals surface area contributed by atoms with Crippen molar-refractivity contribution in [1.82, 2.24) is 10.3 Å². The Kier molecular flexibility index (Phi) is 7.11. The highest BCUT2D eigenvalue weighted by atomic mass is 32.1. The van der Waals surface area contributed by atoms with E-state index in [1.54, 1.807) is 17.6 Å². The fourth-order valence-electron chi connectivity index (χ4n) is 3.32. The molecule has 1 heterocycles. The molecular weight excluding hydrogens is 384 g/mol. The van der Waals surface area contributed by atoms with E-state index in [2.05, 4.69) is 43.2 Å². The van der Waals surface area contributed by atoms with Gasteiger partial charge in [-0.15, -0.1) is 11.3 Å².